The Hall–Kier alpha value is -2.54. The van der Waals surface area contributed by atoms with Gasteiger partial charge in [0.25, 0.3) is 5.91 Å². The molecule has 126 valence electrons. The van der Waals surface area contributed by atoms with E-state index in [0.717, 1.165) is 12.3 Å². The van der Waals surface area contributed by atoms with Crippen LogP contribution in [-0.2, 0) is 11.0 Å². The number of hydrogen-bond acceptors (Lipinski definition) is 3. The zero-order chi connectivity index (χ0) is 17.6. The first kappa shape index (κ1) is 17.8. The Kier molecular flexibility index (Phi) is 5.81. The van der Waals surface area contributed by atoms with E-state index < -0.39 is 17.6 Å². The highest BCUT2D eigenvalue weighted by Gasteiger charge is 2.32. The molecule has 8 heteroatoms. The minimum Gasteiger partial charge on any atom is -0.484 e. The van der Waals surface area contributed by atoms with Gasteiger partial charge >= 0.3 is 6.18 Å². The fourth-order valence-electron chi connectivity index (χ4n) is 1.75. The lowest BCUT2D eigenvalue weighted by Crippen LogP contribution is -2.24. The molecule has 0 saturated heterocycles. The first-order valence-electron chi connectivity index (χ1n) is 6.73. The summed E-state index contributed by atoms with van der Waals surface area (Å²) in [5, 5.41) is 4.04. The number of benzene rings is 2. The summed E-state index contributed by atoms with van der Waals surface area (Å²) in [4.78, 5) is 11.6. The summed E-state index contributed by atoms with van der Waals surface area (Å²) < 4.78 is 43.6. The summed E-state index contributed by atoms with van der Waals surface area (Å²) in [5.74, 6) is -0.174. The lowest BCUT2D eigenvalue weighted by Gasteiger charge is -2.09. The average molecular weight is 357 g/mol. The SMILES string of the molecule is O=C(COc1ccc(Cl)cc1)N/N=C/c1ccccc1C(F)(F)F. The molecule has 0 unspecified atom stereocenters. The summed E-state index contributed by atoms with van der Waals surface area (Å²) in [6, 6.07) is 11.3. The van der Waals surface area contributed by atoms with Gasteiger partial charge in [-0.05, 0) is 30.3 Å². The Bertz CT molecular complexity index is 731. The van der Waals surface area contributed by atoms with Crippen LogP contribution in [0.4, 0.5) is 13.2 Å². The third-order valence-electron chi connectivity index (χ3n) is 2.84. The first-order valence-corrected chi connectivity index (χ1v) is 7.10. The topological polar surface area (TPSA) is 50.7 Å². The number of hydrogen-bond donors (Lipinski definition) is 1. The number of nitrogens with zero attached hydrogens (tertiary/aromatic N) is 1. The fourth-order valence-corrected chi connectivity index (χ4v) is 1.88. The van der Waals surface area contributed by atoms with Crippen LogP contribution < -0.4 is 10.2 Å². The Morgan fingerprint density at radius 1 is 1.17 bits per heavy atom. The van der Waals surface area contributed by atoms with Crippen molar-refractivity contribution in [2.24, 2.45) is 5.10 Å². The van der Waals surface area contributed by atoms with Gasteiger partial charge in [-0.15, -0.1) is 0 Å². The molecule has 1 amide bonds. The van der Waals surface area contributed by atoms with Crippen molar-refractivity contribution >= 4 is 23.7 Å². The smallest absolute Gasteiger partial charge is 0.417 e. The number of nitrogens with one attached hydrogen (secondary N) is 1. The van der Waals surface area contributed by atoms with Crippen molar-refractivity contribution in [2.45, 2.75) is 6.18 Å². The second-order valence-corrected chi connectivity index (χ2v) is 5.06. The summed E-state index contributed by atoms with van der Waals surface area (Å²) in [6.45, 7) is -0.333. The maximum absolute atomic E-state index is 12.8. The van der Waals surface area contributed by atoms with Gasteiger partial charge in [-0.1, -0.05) is 29.8 Å². The molecule has 2 aromatic carbocycles. The molecule has 0 aliphatic rings. The van der Waals surface area contributed by atoms with Gasteiger partial charge in [0.2, 0.25) is 0 Å². The molecular weight excluding hydrogens is 345 g/mol. The zero-order valence-electron chi connectivity index (χ0n) is 12.2. The average Bonchev–Trinajstić information content (AvgIpc) is 2.54. The quantitative estimate of drug-likeness (QED) is 0.652. The van der Waals surface area contributed by atoms with Crippen LogP contribution in [0.2, 0.25) is 5.02 Å². The van der Waals surface area contributed by atoms with E-state index in [9.17, 15) is 18.0 Å². The van der Waals surface area contributed by atoms with E-state index in [0.29, 0.717) is 10.8 Å². The van der Waals surface area contributed by atoms with E-state index in [1.54, 1.807) is 24.3 Å². The number of alkyl halides is 3. The maximum atomic E-state index is 12.8. The Labute approximate surface area is 140 Å². The summed E-state index contributed by atoms with van der Waals surface area (Å²) in [5.41, 5.74) is 1.12. The van der Waals surface area contributed by atoms with Gasteiger partial charge in [0.05, 0.1) is 11.8 Å². The number of carbonyl (C=O) groups is 1. The highest BCUT2D eigenvalue weighted by Crippen LogP contribution is 2.31. The lowest BCUT2D eigenvalue weighted by atomic mass is 10.1. The highest BCUT2D eigenvalue weighted by molar-refractivity contribution is 6.30. The van der Waals surface area contributed by atoms with Crippen molar-refractivity contribution in [1.82, 2.24) is 5.43 Å². The van der Waals surface area contributed by atoms with E-state index in [1.165, 1.54) is 18.2 Å². The highest BCUT2D eigenvalue weighted by atomic mass is 35.5. The van der Waals surface area contributed by atoms with Gasteiger partial charge in [0.1, 0.15) is 5.75 Å². The van der Waals surface area contributed by atoms with Crippen LogP contribution in [0.5, 0.6) is 5.75 Å². The molecule has 0 aliphatic heterocycles. The number of rotatable bonds is 5. The van der Waals surface area contributed by atoms with Crippen LogP contribution in [0.15, 0.2) is 53.6 Å². The molecule has 0 saturated carbocycles. The van der Waals surface area contributed by atoms with E-state index in [-0.39, 0.29) is 12.2 Å². The van der Waals surface area contributed by atoms with Crippen LogP contribution >= 0.6 is 11.6 Å². The van der Waals surface area contributed by atoms with Crippen LogP contribution in [0, 0.1) is 0 Å². The van der Waals surface area contributed by atoms with Crippen molar-refractivity contribution in [2.75, 3.05) is 6.61 Å². The van der Waals surface area contributed by atoms with E-state index in [1.807, 2.05) is 0 Å². The molecule has 0 aromatic heterocycles. The van der Waals surface area contributed by atoms with Gasteiger partial charge in [-0.25, -0.2) is 5.43 Å². The van der Waals surface area contributed by atoms with E-state index in [4.69, 9.17) is 16.3 Å². The second-order valence-electron chi connectivity index (χ2n) is 4.62. The molecule has 2 rings (SSSR count). The van der Waals surface area contributed by atoms with Crippen LogP contribution in [0.3, 0.4) is 0 Å². The van der Waals surface area contributed by atoms with Crippen LogP contribution in [0.1, 0.15) is 11.1 Å². The van der Waals surface area contributed by atoms with Gasteiger partial charge in [0.15, 0.2) is 6.61 Å². The molecule has 0 heterocycles. The molecule has 4 nitrogen and oxygen atoms in total. The monoisotopic (exact) mass is 356 g/mol. The second kappa shape index (κ2) is 7.83. The molecule has 0 aliphatic carbocycles. The van der Waals surface area contributed by atoms with Gasteiger partial charge in [0, 0.05) is 10.6 Å². The van der Waals surface area contributed by atoms with Crippen LogP contribution in [0.25, 0.3) is 0 Å². The minimum absolute atomic E-state index is 0.149. The molecule has 1 N–H and O–H groups in total. The standard InChI is InChI=1S/C16H12ClF3N2O2/c17-12-5-7-13(8-6-12)24-10-15(23)22-21-9-11-3-1-2-4-14(11)16(18,19)20/h1-9H,10H2,(H,22,23)/b21-9+. The van der Waals surface area contributed by atoms with E-state index in [2.05, 4.69) is 10.5 Å². The number of ether oxygens (including phenoxy) is 1. The normalized spacial score (nSPS) is 11.5. The van der Waals surface area contributed by atoms with Gasteiger partial charge in [-0.2, -0.15) is 18.3 Å². The Balaban J connectivity index is 1.90. The molecule has 0 spiro atoms. The minimum atomic E-state index is -4.50. The maximum Gasteiger partial charge on any atom is 0.417 e. The third-order valence-corrected chi connectivity index (χ3v) is 3.09. The fraction of sp³-hybridized carbons (Fsp3) is 0.125. The molecule has 0 atom stereocenters. The summed E-state index contributed by atoms with van der Waals surface area (Å²) in [6.07, 6.45) is -3.56. The summed E-state index contributed by atoms with van der Waals surface area (Å²) in [7, 11) is 0. The summed E-state index contributed by atoms with van der Waals surface area (Å²) >= 11 is 5.71. The first-order chi connectivity index (χ1) is 11.4. The number of amides is 1. The van der Waals surface area contributed by atoms with Crippen molar-refractivity contribution < 1.29 is 22.7 Å². The molecular formula is C16H12ClF3N2O2. The number of hydrazone groups is 1. The Morgan fingerprint density at radius 3 is 2.50 bits per heavy atom. The van der Waals surface area contributed by atoms with Crippen molar-refractivity contribution in [3.63, 3.8) is 0 Å². The van der Waals surface area contributed by atoms with Crippen LogP contribution in [-0.4, -0.2) is 18.7 Å². The lowest BCUT2D eigenvalue weighted by molar-refractivity contribution is -0.137. The predicted molar refractivity (Wildman–Crippen MR) is 84.1 cm³/mol. The van der Waals surface area contributed by atoms with Crippen molar-refractivity contribution in [1.29, 1.82) is 0 Å². The molecule has 2 aromatic rings. The number of carbonyl (C=O) groups excluding carboxylic acids is 1. The number of halogens is 4. The van der Waals surface area contributed by atoms with Gasteiger partial charge < -0.3 is 4.74 Å². The molecule has 0 fully saturated rings. The molecule has 24 heavy (non-hydrogen) atoms. The van der Waals surface area contributed by atoms with Crippen molar-refractivity contribution in [3.05, 3.63) is 64.7 Å². The third kappa shape index (κ3) is 5.27. The molecule has 0 bridgehead atoms. The Morgan fingerprint density at radius 2 is 1.83 bits per heavy atom. The molecule has 0 radical (unpaired) electrons. The zero-order valence-corrected chi connectivity index (χ0v) is 12.9. The van der Waals surface area contributed by atoms with Gasteiger partial charge in [-0.3, -0.25) is 4.79 Å². The largest absolute Gasteiger partial charge is 0.484 e. The van der Waals surface area contributed by atoms with E-state index >= 15 is 0 Å². The predicted octanol–water partition coefficient (Wildman–Crippen LogP) is 3.89. The van der Waals surface area contributed by atoms with Crippen molar-refractivity contribution in [3.8, 4) is 5.75 Å².